The first-order valence-electron chi connectivity index (χ1n) is 11.4. The number of carbonyl (C=O) groups is 2. The summed E-state index contributed by atoms with van der Waals surface area (Å²) in [6, 6.07) is 16.7. The molecular weight excluding hydrogens is 509 g/mol. The minimum absolute atomic E-state index is 0.0411. The van der Waals surface area contributed by atoms with E-state index in [1.54, 1.807) is 0 Å². The van der Waals surface area contributed by atoms with Crippen LogP contribution in [-0.2, 0) is 25.1 Å². The zero-order valence-electron chi connectivity index (χ0n) is 20.8. The van der Waals surface area contributed by atoms with Crippen molar-refractivity contribution in [1.82, 2.24) is 4.90 Å². The van der Waals surface area contributed by atoms with Gasteiger partial charge in [-0.05, 0) is 43.2 Å². The number of rotatable bonds is 6. The van der Waals surface area contributed by atoms with Gasteiger partial charge in [-0.2, -0.15) is 0 Å². The Labute approximate surface area is 221 Å². The van der Waals surface area contributed by atoms with Crippen LogP contribution in [0.3, 0.4) is 0 Å². The van der Waals surface area contributed by atoms with Crippen LogP contribution in [0, 0.1) is 0 Å². The van der Waals surface area contributed by atoms with Gasteiger partial charge in [0.05, 0.1) is 17.9 Å². The number of aliphatic carboxylic acids is 1. The molecule has 9 heteroatoms. The lowest BCUT2D eigenvalue weighted by molar-refractivity contribution is -0.152. The van der Waals surface area contributed by atoms with Crippen molar-refractivity contribution in [2.45, 2.75) is 63.6 Å². The van der Waals surface area contributed by atoms with Crippen LogP contribution in [0.1, 0.15) is 52.6 Å². The normalized spacial score (nSPS) is 17.9. The van der Waals surface area contributed by atoms with Crippen molar-refractivity contribution in [2.75, 3.05) is 13.2 Å². The third-order valence-electron chi connectivity index (χ3n) is 5.26. The summed E-state index contributed by atoms with van der Waals surface area (Å²) in [6.07, 6.45) is 0.759. The maximum Gasteiger partial charge on any atom is 0.300 e. The molecule has 3 rings (SSSR count). The summed E-state index contributed by atoms with van der Waals surface area (Å²) in [4.78, 5) is 23.5. The molecule has 4 atom stereocenters. The zero-order valence-corrected chi connectivity index (χ0v) is 23.1. The number of hydrogen-bond donors (Lipinski definition) is 1. The fourth-order valence-electron chi connectivity index (χ4n) is 3.70. The SMILES string of the molecule is CC(=O)O.CC[C@@H](C(C)S(=O)C(C)C)N1C(=O)COCC1c1ccc(Cl)cc1.Clc1ccccc1. The molecule has 2 aromatic rings. The first kappa shape index (κ1) is 31.1. The molecule has 0 aromatic heterocycles. The number of hydrogen-bond acceptors (Lipinski definition) is 4. The standard InChI is InChI=1S/C18H26ClNO3S.C6H5Cl.C2H4O2/c1-5-16(13(4)24(22)12(2)3)20-17(10-23-11-18(20)21)14-6-8-15(19)9-7-14;7-6-4-2-1-3-5-6;1-2(3)4/h6-9,12-13,16-17H,5,10-11H2,1-4H3;1-5H;1H3,(H,3,4)/t13?,16-,17?,24?;;/m0../s1. The molecule has 0 radical (unpaired) electrons. The minimum atomic E-state index is -0.994. The molecule has 1 aliphatic heterocycles. The van der Waals surface area contributed by atoms with Gasteiger partial charge in [0.2, 0.25) is 5.91 Å². The molecule has 1 heterocycles. The van der Waals surface area contributed by atoms with E-state index in [1.165, 1.54) is 0 Å². The lowest BCUT2D eigenvalue weighted by atomic mass is 10.00. The Bertz CT molecular complexity index is 937. The third-order valence-corrected chi connectivity index (χ3v) is 7.74. The van der Waals surface area contributed by atoms with Gasteiger partial charge >= 0.3 is 0 Å². The van der Waals surface area contributed by atoms with E-state index in [4.69, 9.17) is 37.8 Å². The summed E-state index contributed by atoms with van der Waals surface area (Å²) < 4.78 is 18.1. The summed E-state index contributed by atoms with van der Waals surface area (Å²) in [7, 11) is -0.994. The molecule has 194 valence electrons. The van der Waals surface area contributed by atoms with E-state index in [9.17, 15) is 9.00 Å². The largest absolute Gasteiger partial charge is 0.481 e. The number of amides is 1. The summed E-state index contributed by atoms with van der Waals surface area (Å²) in [5, 5.41) is 8.85. The lowest BCUT2D eigenvalue weighted by Gasteiger charge is -2.43. The minimum Gasteiger partial charge on any atom is -0.481 e. The molecule has 6 nitrogen and oxygen atoms in total. The monoisotopic (exact) mass is 543 g/mol. The van der Waals surface area contributed by atoms with Gasteiger partial charge in [0, 0.05) is 39.1 Å². The maximum atomic E-state index is 12.6. The van der Waals surface area contributed by atoms with E-state index >= 15 is 0 Å². The Morgan fingerprint density at radius 3 is 2.03 bits per heavy atom. The second-order valence-corrected chi connectivity index (χ2v) is 11.5. The highest BCUT2D eigenvalue weighted by molar-refractivity contribution is 7.86. The van der Waals surface area contributed by atoms with Crippen molar-refractivity contribution in [1.29, 1.82) is 0 Å². The molecule has 0 spiro atoms. The zero-order chi connectivity index (χ0) is 26.5. The van der Waals surface area contributed by atoms with E-state index in [1.807, 2.05) is 87.2 Å². The fraction of sp³-hybridized carbons (Fsp3) is 0.462. The van der Waals surface area contributed by atoms with Crippen molar-refractivity contribution in [3.63, 3.8) is 0 Å². The van der Waals surface area contributed by atoms with Crippen LogP contribution in [-0.4, -0.2) is 55.8 Å². The molecule has 1 amide bonds. The maximum absolute atomic E-state index is 12.6. The molecule has 1 fully saturated rings. The molecule has 1 saturated heterocycles. The predicted molar refractivity (Wildman–Crippen MR) is 143 cm³/mol. The topological polar surface area (TPSA) is 83.9 Å². The molecule has 3 unspecified atom stereocenters. The first-order chi connectivity index (χ1) is 16.5. The predicted octanol–water partition coefficient (Wildman–Crippen LogP) is 6.00. The number of carbonyl (C=O) groups excluding carboxylic acids is 1. The number of nitrogens with zero attached hydrogens (tertiary/aromatic N) is 1. The Hall–Kier alpha value is -1.93. The van der Waals surface area contributed by atoms with Crippen molar-refractivity contribution in [3.8, 4) is 0 Å². The summed E-state index contributed by atoms with van der Waals surface area (Å²) in [5.74, 6) is -0.874. The van der Waals surface area contributed by atoms with Gasteiger partial charge in [0.15, 0.2) is 0 Å². The number of halogens is 2. The van der Waals surface area contributed by atoms with Gasteiger partial charge in [0.1, 0.15) is 6.61 Å². The molecule has 0 aliphatic carbocycles. The molecule has 1 aliphatic rings. The van der Waals surface area contributed by atoms with Crippen LogP contribution in [0.5, 0.6) is 0 Å². The Kier molecular flexibility index (Phi) is 14.2. The highest BCUT2D eigenvalue weighted by Crippen LogP contribution is 2.31. The van der Waals surface area contributed by atoms with Crippen molar-refractivity contribution in [3.05, 3.63) is 70.2 Å². The summed E-state index contributed by atoms with van der Waals surface area (Å²) in [6.45, 7) is 9.55. The number of carboxylic acid groups (broad SMARTS) is 1. The van der Waals surface area contributed by atoms with Crippen LogP contribution in [0.4, 0.5) is 0 Å². The van der Waals surface area contributed by atoms with Gasteiger partial charge in [-0.3, -0.25) is 13.8 Å². The molecular formula is C26H35Cl2NO5S. The summed E-state index contributed by atoms with van der Waals surface area (Å²) >= 11 is 11.5. The second-order valence-electron chi connectivity index (χ2n) is 8.26. The second kappa shape index (κ2) is 15.9. The van der Waals surface area contributed by atoms with Gasteiger partial charge in [0.25, 0.3) is 5.97 Å². The van der Waals surface area contributed by atoms with E-state index < -0.39 is 16.8 Å². The quantitative estimate of drug-likeness (QED) is 0.483. The Morgan fingerprint density at radius 2 is 1.60 bits per heavy atom. The molecule has 35 heavy (non-hydrogen) atoms. The molecule has 2 aromatic carbocycles. The van der Waals surface area contributed by atoms with Crippen LogP contribution >= 0.6 is 23.2 Å². The van der Waals surface area contributed by atoms with E-state index in [2.05, 4.69) is 0 Å². The fourth-order valence-corrected chi connectivity index (χ4v) is 5.46. The average Bonchev–Trinajstić information content (AvgIpc) is 2.81. The van der Waals surface area contributed by atoms with Crippen molar-refractivity contribution < 1.29 is 23.6 Å². The van der Waals surface area contributed by atoms with Crippen molar-refractivity contribution >= 4 is 45.9 Å². The van der Waals surface area contributed by atoms with Crippen LogP contribution in [0.15, 0.2) is 54.6 Å². The number of morpholine rings is 1. The highest BCUT2D eigenvalue weighted by atomic mass is 35.5. The van der Waals surface area contributed by atoms with Crippen LogP contribution < -0.4 is 0 Å². The Morgan fingerprint density at radius 1 is 1.09 bits per heavy atom. The van der Waals surface area contributed by atoms with Gasteiger partial charge < -0.3 is 14.7 Å². The summed E-state index contributed by atoms with van der Waals surface area (Å²) in [5.41, 5.74) is 0.994. The third kappa shape index (κ3) is 10.7. The van der Waals surface area contributed by atoms with Gasteiger partial charge in [-0.15, -0.1) is 0 Å². The average molecular weight is 545 g/mol. The molecule has 0 saturated carbocycles. The first-order valence-corrected chi connectivity index (χ1v) is 13.5. The van der Waals surface area contributed by atoms with Crippen LogP contribution in [0.25, 0.3) is 0 Å². The highest BCUT2D eigenvalue weighted by Gasteiger charge is 2.38. The molecule has 1 N–H and O–H groups in total. The van der Waals surface area contributed by atoms with Gasteiger partial charge in [-0.25, -0.2) is 0 Å². The molecule has 0 bridgehead atoms. The van der Waals surface area contributed by atoms with Crippen LogP contribution in [0.2, 0.25) is 10.0 Å². The van der Waals surface area contributed by atoms with E-state index in [0.717, 1.165) is 23.9 Å². The van der Waals surface area contributed by atoms with Gasteiger partial charge in [-0.1, -0.05) is 74.3 Å². The number of ether oxygens (including phenoxy) is 1. The Balaban J connectivity index is 0.000000458. The van der Waals surface area contributed by atoms with Crippen molar-refractivity contribution in [2.24, 2.45) is 0 Å². The van der Waals surface area contributed by atoms with E-state index in [-0.39, 0.29) is 35.1 Å². The van der Waals surface area contributed by atoms with E-state index in [0.29, 0.717) is 11.6 Å². The number of carboxylic acids is 1. The smallest absolute Gasteiger partial charge is 0.300 e. The number of benzene rings is 2. The lowest BCUT2D eigenvalue weighted by Crippen LogP contribution is -2.54.